The van der Waals surface area contributed by atoms with Crippen molar-refractivity contribution in [3.05, 3.63) is 59.7 Å². The molecule has 0 saturated carbocycles. The summed E-state index contributed by atoms with van der Waals surface area (Å²) in [6, 6.07) is 13.3. The van der Waals surface area contributed by atoms with E-state index in [1.807, 2.05) is 0 Å². The third-order valence-corrected chi connectivity index (χ3v) is 4.77. The number of carboxylic acid groups (broad SMARTS) is 1. The van der Waals surface area contributed by atoms with Crippen molar-refractivity contribution in [1.82, 2.24) is 0 Å². The molecule has 0 aliphatic rings. The average Bonchev–Trinajstić information content (AvgIpc) is 2.67. The van der Waals surface area contributed by atoms with E-state index in [2.05, 4.69) is 31.9 Å². The van der Waals surface area contributed by atoms with Gasteiger partial charge in [-0.15, -0.1) is 0 Å². The summed E-state index contributed by atoms with van der Waals surface area (Å²) in [6.07, 6.45) is -0.227. The van der Waals surface area contributed by atoms with Crippen molar-refractivity contribution in [2.45, 2.75) is 35.8 Å². The Hall–Kier alpha value is -2.19. The largest absolute Gasteiger partial charge is 0.550 e. The third kappa shape index (κ3) is 6.97. The quantitative estimate of drug-likeness (QED) is 0.297. The lowest BCUT2D eigenvalue weighted by atomic mass is 9.88. The predicted molar refractivity (Wildman–Crippen MR) is 112 cm³/mol. The van der Waals surface area contributed by atoms with E-state index in [9.17, 15) is 19.5 Å². The minimum atomic E-state index is -1.19. The highest BCUT2D eigenvalue weighted by molar-refractivity contribution is 9.10. The smallest absolute Gasteiger partial charge is 0.324 e. The number of aliphatic carboxylic acids is 1. The van der Waals surface area contributed by atoms with Crippen LogP contribution in [-0.4, -0.2) is 27.6 Å². The normalized spacial score (nSPS) is 13.8. The minimum Gasteiger partial charge on any atom is -0.550 e. The van der Waals surface area contributed by atoms with Crippen LogP contribution in [-0.2, 0) is 14.4 Å². The molecule has 0 spiro atoms. The minimum absolute atomic E-state index is 0.227. The van der Waals surface area contributed by atoms with Gasteiger partial charge >= 0.3 is 11.9 Å². The van der Waals surface area contributed by atoms with Crippen molar-refractivity contribution in [3.8, 4) is 11.5 Å². The molecule has 0 N–H and O–H groups in total. The lowest BCUT2D eigenvalue weighted by Crippen LogP contribution is -2.25. The number of rotatable bonds is 8. The maximum absolute atomic E-state index is 11.7. The number of alkyl halides is 2. The fourth-order valence-corrected chi connectivity index (χ4v) is 2.71. The molecule has 0 radical (unpaired) electrons. The van der Waals surface area contributed by atoms with Crippen LogP contribution in [0.2, 0.25) is 0 Å². The molecule has 2 aromatic carbocycles. The highest BCUT2D eigenvalue weighted by Crippen LogP contribution is 2.30. The standard InChI is InChI=1S/C21H20Br2O6/c1-12(22)20(26)28-16-7-3-14(4-8-16)18(11-19(24)25)15-5-9-17(10-6-15)29-21(27)13(2)23/h3-10,12-13,18H,11H2,1-2H3,(H,24,25)/p-1. The van der Waals surface area contributed by atoms with E-state index < -0.39 is 33.5 Å². The Morgan fingerprint density at radius 1 is 0.793 bits per heavy atom. The van der Waals surface area contributed by atoms with Gasteiger partial charge in [0.2, 0.25) is 0 Å². The van der Waals surface area contributed by atoms with Crippen LogP contribution in [0.1, 0.15) is 37.3 Å². The summed E-state index contributed by atoms with van der Waals surface area (Å²) < 4.78 is 10.4. The van der Waals surface area contributed by atoms with Crippen molar-refractivity contribution >= 4 is 49.8 Å². The van der Waals surface area contributed by atoms with E-state index in [-0.39, 0.29) is 6.42 Å². The van der Waals surface area contributed by atoms with Gasteiger partial charge < -0.3 is 19.4 Å². The lowest BCUT2D eigenvalue weighted by Gasteiger charge is -2.19. The van der Waals surface area contributed by atoms with Crippen molar-refractivity contribution in [2.24, 2.45) is 0 Å². The average molecular weight is 527 g/mol. The molecule has 29 heavy (non-hydrogen) atoms. The molecule has 8 heteroatoms. The molecule has 0 fully saturated rings. The van der Waals surface area contributed by atoms with Crippen LogP contribution in [0, 0.1) is 0 Å². The van der Waals surface area contributed by atoms with Crippen LogP contribution >= 0.6 is 31.9 Å². The summed E-state index contributed by atoms with van der Waals surface area (Å²) in [5.41, 5.74) is 1.44. The maximum atomic E-state index is 11.7. The van der Waals surface area contributed by atoms with Gasteiger partial charge in [-0.1, -0.05) is 56.1 Å². The van der Waals surface area contributed by atoms with E-state index in [1.165, 1.54) is 0 Å². The molecule has 0 amide bonds. The van der Waals surface area contributed by atoms with Gasteiger partial charge in [-0.2, -0.15) is 0 Å². The van der Waals surface area contributed by atoms with E-state index in [1.54, 1.807) is 62.4 Å². The monoisotopic (exact) mass is 525 g/mol. The second-order valence-corrected chi connectivity index (χ2v) is 9.09. The Bertz CT molecular complexity index is 794. The molecule has 0 aliphatic carbocycles. The van der Waals surface area contributed by atoms with Gasteiger partial charge in [0.15, 0.2) is 0 Å². The summed E-state index contributed by atoms with van der Waals surface area (Å²) >= 11 is 6.28. The number of carbonyl (C=O) groups is 3. The van der Waals surface area contributed by atoms with Gasteiger partial charge in [0.1, 0.15) is 21.2 Å². The number of hydrogen-bond acceptors (Lipinski definition) is 6. The molecule has 154 valence electrons. The van der Waals surface area contributed by atoms with Crippen LogP contribution in [0.25, 0.3) is 0 Å². The van der Waals surface area contributed by atoms with E-state index in [4.69, 9.17) is 9.47 Å². The SMILES string of the molecule is CC(Br)C(=O)Oc1ccc(C(CC(=O)[O-])c2ccc(OC(=O)C(C)Br)cc2)cc1. The zero-order chi connectivity index (χ0) is 21.6. The molecule has 0 heterocycles. The highest BCUT2D eigenvalue weighted by Gasteiger charge is 2.17. The third-order valence-electron chi connectivity index (χ3n) is 4.02. The Morgan fingerprint density at radius 2 is 1.14 bits per heavy atom. The topological polar surface area (TPSA) is 92.7 Å². The number of ether oxygens (including phenoxy) is 2. The van der Waals surface area contributed by atoms with Crippen molar-refractivity contribution in [2.75, 3.05) is 0 Å². The van der Waals surface area contributed by atoms with Gasteiger partial charge in [0, 0.05) is 11.9 Å². The van der Waals surface area contributed by atoms with Gasteiger partial charge in [0.05, 0.1) is 0 Å². The van der Waals surface area contributed by atoms with Crippen LogP contribution in [0.15, 0.2) is 48.5 Å². The molecule has 2 atom stereocenters. The van der Waals surface area contributed by atoms with Crippen LogP contribution in [0.5, 0.6) is 11.5 Å². The van der Waals surface area contributed by atoms with Crippen molar-refractivity contribution in [1.29, 1.82) is 0 Å². The van der Waals surface area contributed by atoms with Crippen LogP contribution in [0.3, 0.4) is 0 Å². The highest BCUT2D eigenvalue weighted by atomic mass is 79.9. The van der Waals surface area contributed by atoms with Gasteiger partial charge in [0.25, 0.3) is 0 Å². The van der Waals surface area contributed by atoms with E-state index >= 15 is 0 Å². The molecular weight excluding hydrogens is 508 g/mol. The first-order chi connectivity index (χ1) is 13.7. The number of hydrogen-bond donors (Lipinski definition) is 0. The second kappa shape index (κ2) is 10.5. The first-order valence-corrected chi connectivity index (χ1v) is 10.6. The molecule has 2 aromatic rings. The summed E-state index contributed by atoms with van der Waals surface area (Å²) in [4.78, 5) is 33.7. The van der Waals surface area contributed by atoms with Gasteiger partial charge in [-0.3, -0.25) is 9.59 Å². The van der Waals surface area contributed by atoms with Crippen LogP contribution < -0.4 is 14.6 Å². The number of carbonyl (C=O) groups excluding carboxylic acids is 3. The van der Waals surface area contributed by atoms with Crippen LogP contribution in [0.4, 0.5) is 0 Å². The number of esters is 2. The fraction of sp³-hybridized carbons (Fsp3) is 0.286. The molecule has 0 bridgehead atoms. The predicted octanol–water partition coefficient (Wildman–Crippen LogP) is 3.34. The molecule has 0 aliphatic heterocycles. The number of benzene rings is 2. The zero-order valence-corrected chi connectivity index (χ0v) is 18.9. The zero-order valence-electron chi connectivity index (χ0n) is 15.8. The first kappa shape index (κ1) is 23.1. The van der Waals surface area contributed by atoms with Crippen molar-refractivity contribution < 1.29 is 29.0 Å². The van der Waals surface area contributed by atoms with Gasteiger partial charge in [-0.25, -0.2) is 0 Å². The Labute approximate surface area is 185 Å². The summed E-state index contributed by atoms with van der Waals surface area (Å²) in [5.74, 6) is -1.78. The Kier molecular flexibility index (Phi) is 8.40. The molecule has 2 rings (SSSR count). The van der Waals surface area contributed by atoms with Gasteiger partial charge in [-0.05, 0) is 55.7 Å². The van der Waals surface area contributed by atoms with E-state index in [0.29, 0.717) is 11.5 Å². The maximum Gasteiger partial charge on any atom is 0.324 e. The number of carboxylic acids is 1. The number of halogens is 2. The molecule has 0 aromatic heterocycles. The first-order valence-electron chi connectivity index (χ1n) is 8.78. The lowest BCUT2D eigenvalue weighted by molar-refractivity contribution is -0.306. The molecular formula is C21H19Br2O6-. The Balaban J connectivity index is 2.22. The molecule has 6 nitrogen and oxygen atoms in total. The summed E-state index contributed by atoms with van der Waals surface area (Å²) in [5, 5.41) is 11.3. The summed E-state index contributed by atoms with van der Waals surface area (Å²) in [7, 11) is 0. The second-order valence-electron chi connectivity index (χ2n) is 6.34. The molecule has 2 unspecified atom stereocenters. The molecule has 0 saturated heterocycles. The Morgan fingerprint density at radius 3 is 1.41 bits per heavy atom. The van der Waals surface area contributed by atoms with Crippen molar-refractivity contribution in [3.63, 3.8) is 0 Å². The summed E-state index contributed by atoms with van der Waals surface area (Å²) in [6.45, 7) is 3.32. The fourth-order valence-electron chi connectivity index (χ4n) is 2.53. The van der Waals surface area contributed by atoms with E-state index in [0.717, 1.165) is 11.1 Å².